The maximum atomic E-state index is 12.1. The Bertz CT molecular complexity index is 1160. The van der Waals surface area contributed by atoms with Gasteiger partial charge in [0.05, 0.1) is 22.7 Å². The van der Waals surface area contributed by atoms with Crippen LogP contribution in [0.25, 0.3) is 11.1 Å². The second-order valence-corrected chi connectivity index (χ2v) is 6.96. The Morgan fingerprint density at radius 2 is 1.13 bits per heavy atom. The van der Waals surface area contributed by atoms with Gasteiger partial charge >= 0.3 is 0 Å². The fourth-order valence-corrected chi connectivity index (χ4v) is 3.10. The summed E-state index contributed by atoms with van der Waals surface area (Å²) in [6, 6.07) is 35.0. The summed E-state index contributed by atoms with van der Waals surface area (Å²) in [5.41, 5.74) is 8.57. The van der Waals surface area contributed by atoms with Gasteiger partial charge in [0.15, 0.2) is 0 Å². The number of carbonyl (C=O) groups excluding carboxylic acids is 1. The first-order valence-electron chi connectivity index (χ1n) is 9.99. The molecule has 4 aromatic carbocycles. The Hall–Kier alpha value is -4.25. The largest absolute Gasteiger partial charge is 0.291 e. The second kappa shape index (κ2) is 9.50. The van der Waals surface area contributed by atoms with Gasteiger partial charge in [-0.05, 0) is 59.7 Å². The molecule has 152 valence electrons. The van der Waals surface area contributed by atoms with Crippen molar-refractivity contribution in [2.45, 2.75) is 6.92 Å². The highest BCUT2D eigenvalue weighted by Gasteiger charge is 2.11. The fraction of sp³-hybridized carbons (Fsp3) is 0.0385. The first kappa shape index (κ1) is 20.0. The molecule has 0 bridgehead atoms. The lowest BCUT2D eigenvalue weighted by Crippen LogP contribution is -2.34. The minimum Gasteiger partial charge on any atom is -0.291 e. The van der Waals surface area contributed by atoms with Crippen LogP contribution in [0.3, 0.4) is 0 Å². The van der Waals surface area contributed by atoms with Crippen LogP contribution in [-0.2, 0) is 4.79 Å². The van der Waals surface area contributed by atoms with Gasteiger partial charge in [-0.25, -0.2) is 5.01 Å². The van der Waals surface area contributed by atoms with Gasteiger partial charge in [-0.15, -0.1) is 0 Å². The Labute approximate surface area is 181 Å². The second-order valence-electron chi connectivity index (χ2n) is 6.96. The van der Waals surface area contributed by atoms with Crippen molar-refractivity contribution >= 4 is 28.7 Å². The van der Waals surface area contributed by atoms with Crippen LogP contribution in [0, 0.1) is 0 Å². The van der Waals surface area contributed by atoms with E-state index in [-0.39, 0.29) is 5.91 Å². The van der Waals surface area contributed by atoms with Gasteiger partial charge in [0.2, 0.25) is 5.91 Å². The molecule has 4 rings (SSSR count). The van der Waals surface area contributed by atoms with E-state index in [2.05, 4.69) is 15.7 Å². The van der Waals surface area contributed by atoms with E-state index in [9.17, 15) is 4.79 Å². The maximum Gasteiger partial charge on any atom is 0.242 e. The first-order valence-corrected chi connectivity index (χ1v) is 9.99. The third-order valence-corrected chi connectivity index (χ3v) is 4.69. The van der Waals surface area contributed by atoms with Crippen LogP contribution in [0.2, 0.25) is 0 Å². The van der Waals surface area contributed by atoms with Gasteiger partial charge in [-0.2, -0.15) is 10.2 Å². The highest BCUT2D eigenvalue weighted by atomic mass is 16.2. The Kier molecular flexibility index (Phi) is 6.14. The summed E-state index contributed by atoms with van der Waals surface area (Å²) in [4.78, 5) is 12.1. The number of anilines is 2. The molecule has 1 amide bonds. The molecule has 0 radical (unpaired) electrons. The summed E-state index contributed by atoms with van der Waals surface area (Å²) in [5, 5.41) is 10.1. The van der Waals surface area contributed by atoms with E-state index in [1.54, 1.807) is 0 Å². The van der Waals surface area contributed by atoms with E-state index in [1.165, 1.54) is 11.9 Å². The zero-order valence-electron chi connectivity index (χ0n) is 17.1. The number of amides is 1. The summed E-state index contributed by atoms with van der Waals surface area (Å²) in [7, 11) is 0. The molecule has 0 saturated carbocycles. The number of hydrogen-bond acceptors (Lipinski definition) is 4. The van der Waals surface area contributed by atoms with E-state index in [0.29, 0.717) is 0 Å². The van der Waals surface area contributed by atoms with Gasteiger partial charge in [-0.3, -0.25) is 10.2 Å². The van der Waals surface area contributed by atoms with Gasteiger partial charge in [0.1, 0.15) is 0 Å². The predicted octanol–water partition coefficient (Wildman–Crippen LogP) is 7.15. The maximum absolute atomic E-state index is 12.1. The van der Waals surface area contributed by atoms with Crippen molar-refractivity contribution in [1.82, 2.24) is 0 Å². The number of carbonyl (C=O) groups is 1. The van der Waals surface area contributed by atoms with Crippen LogP contribution in [0.1, 0.15) is 6.92 Å². The first-order chi connectivity index (χ1) is 15.2. The minimum atomic E-state index is -0.0875. The topological polar surface area (TPSA) is 57.1 Å². The molecule has 5 nitrogen and oxygen atoms in total. The normalized spacial score (nSPS) is 10.7. The number of rotatable bonds is 6. The number of hydrogen-bond donors (Lipinski definition) is 1. The van der Waals surface area contributed by atoms with Crippen LogP contribution >= 0.6 is 0 Å². The lowest BCUT2D eigenvalue weighted by Gasteiger charge is -2.23. The van der Waals surface area contributed by atoms with E-state index in [0.717, 1.165) is 33.9 Å². The summed E-state index contributed by atoms with van der Waals surface area (Å²) in [6.07, 6.45) is 0. The van der Waals surface area contributed by atoms with E-state index >= 15 is 0 Å². The SMILES string of the molecule is CC(=O)N(Nc1ccc(-c2ccc(N=Nc3ccccc3)cc2)cc1)c1ccccc1. The average molecular weight is 406 g/mol. The molecule has 31 heavy (non-hydrogen) atoms. The Balaban J connectivity index is 1.45. The molecule has 0 atom stereocenters. The molecule has 4 aromatic rings. The molecule has 0 aromatic heterocycles. The van der Waals surface area contributed by atoms with Crippen molar-refractivity contribution in [2.24, 2.45) is 10.2 Å². The molecule has 0 unspecified atom stereocenters. The summed E-state index contributed by atoms with van der Waals surface area (Å²) < 4.78 is 0. The average Bonchev–Trinajstić information content (AvgIpc) is 2.83. The molecular formula is C26H22N4O. The standard InChI is InChI=1S/C26H22N4O/c1-20(31)30(26-10-6-3-7-11-26)29-25-18-14-22(15-19-25)21-12-16-24(17-13-21)28-27-23-8-4-2-5-9-23/h2-19,29H,1H3. The Morgan fingerprint density at radius 1 is 0.645 bits per heavy atom. The molecule has 0 spiro atoms. The van der Waals surface area contributed by atoms with Gasteiger partial charge in [0.25, 0.3) is 0 Å². The minimum absolute atomic E-state index is 0.0875. The number of nitrogens with one attached hydrogen (secondary N) is 1. The van der Waals surface area contributed by atoms with Gasteiger partial charge in [-0.1, -0.05) is 60.7 Å². The quantitative estimate of drug-likeness (QED) is 0.273. The van der Waals surface area contributed by atoms with Crippen LogP contribution in [-0.4, -0.2) is 5.91 Å². The van der Waals surface area contributed by atoms with Gasteiger partial charge in [0, 0.05) is 6.92 Å². The fourth-order valence-electron chi connectivity index (χ4n) is 3.10. The van der Waals surface area contributed by atoms with Crippen LogP contribution in [0.5, 0.6) is 0 Å². The van der Waals surface area contributed by atoms with Crippen molar-refractivity contribution < 1.29 is 4.79 Å². The number of benzene rings is 4. The molecule has 0 aliphatic heterocycles. The number of para-hydroxylation sites is 1. The number of nitrogens with zero attached hydrogens (tertiary/aromatic N) is 3. The molecule has 0 heterocycles. The molecular weight excluding hydrogens is 384 g/mol. The summed E-state index contributed by atoms with van der Waals surface area (Å²) in [6.45, 7) is 1.53. The predicted molar refractivity (Wildman–Crippen MR) is 126 cm³/mol. The highest BCUT2D eigenvalue weighted by Crippen LogP contribution is 2.26. The van der Waals surface area contributed by atoms with Crippen molar-refractivity contribution in [2.75, 3.05) is 10.4 Å². The molecule has 0 fully saturated rings. The van der Waals surface area contributed by atoms with Crippen molar-refractivity contribution in [1.29, 1.82) is 0 Å². The van der Waals surface area contributed by atoms with E-state index < -0.39 is 0 Å². The van der Waals surface area contributed by atoms with E-state index in [4.69, 9.17) is 0 Å². The number of hydrazine groups is 1. The lowest BCUT2D eigenvalue weighted by atomic mass is 10.1. The summed E-state index contributed by atoms with van der Waals surface area (Å²) in [5.74, 6) is -0.0875. The van der Waals surface area contributed by atoms with Crippen molar-refractivity contribution in [3.05, 3.63) is 109 Å². The molecule has 5 heteroatoms. The van der Waals surface area contributed by atoms with E-state index in [1.807, 2.05) is 109 Å². The highest BCUT2D eigenvalue weighted by molar-refractivity contribution is 5.93. The number of azo groups is 1. The Morgan fingerprint density at radius 3 is 1.68 bits per heavy atom. The molecule has 0 aliphatic carbocycles. The lowest BCUT2D eigenvalue weighted by molar-refractivity contribution is -0.116. The van der Waals surface area contributed by atoms with Crippen LogP contribution in [0.4, 0.5) is 22.7 Å². The zero-order valence-corrected chi connectivity index (χ0v) is 17.1. The van der Waals surface area contributed by atoms with Crippen LogP contribution < -0.4 is 10.4 Å². The third-order valence-electron chi connectivity index (χ3n) is 4.69. The van der Waals surface area contributed by atoms with Crippen LogP contribution in [0.15, 0.2) is 119 Å². The van der Waals surface area contributed by atoms with Crippen molar-refractivity contribution in [3.63, 3.8) is 0 Å². The molecule has 0 saturated heterocycles. The third kappa shape index (κ3) is 5.22. The zero-order chi connectivity index (χ0) is 21.5. The van der Waals surface area contributed by atoms with Crippen molar-refractivity contribution in [3.8, 4) is 11.1 Å². The molecule has 1 N–H and O–H groups in total. The monoisotopic (exact) mass is 406 g/mol. The molecule has 0 aliphatic rings. The summed E-state index contributed by atoms with van der Waals surface area (Å²) >= 11 is 0. The van der Waals surface area contributed by atoms with Gasteiger partial charge < -0.3 is 0 Å². The smallest absolute Gasteiger partial charge is 0.242 e.